The van der Waals surface area contributed by atoms with Gasteiger partial charge in [0.05, 0.1) is 4.70 Å². The molecule has 1 N–H and O–H groups in total. The van der Waals surface area contributed by atoms with Crippen LogP contribution < -0.4 is 4.74 Å². The second-order valence-electron chi connectivity index (χ2n) is 5.24. The maximum atomic E-state index is 14.0. The molecule has 24 heavy (non-hydrogen) atoms. The number of carboxylic acids is 1. The van der Waals surface area contributed by atoms with E-state index >= 15 is 0 Å². The number of halogens is 2. The van der Waals surface area contributed by atoms with Crippen molar-refractivity contribution in [3.05, 3.63) is 52.6 Å². The SMILES string of the molecule is CCC(Oc1ccc2c(-c3ccccc3F)csc2c1Cl)C(=O)O. The fraction of sp³-hybridized carbons (Fsp3) is 0.167. The van der Waals surface area contributed by atoms with E-state index in [1.54, 1.807) is 37.3 Å². The van der Waals surface area contributed by atoms with Gasteiger partial charge in [-0.1, -0.05) is 36.7 Å². The van der Waals surface area contributed by atoms with E-state index in [1.165, 1.54) is 17.4 Å². The van der Waals surface area contributed by atoms with E-state index in [-0.39, 0.29) is 5.82 Å². The molecule has 0 amide bonds. The molecule has 0 spiro atoms. The topological polar surface area (TPSA) is 46.5 Å². The normalized spacial score (nSPS) is 12.3. The van der Waals surface area contributed by atoms with E-state index in [1.807, 2.05) is 5.38 Å². The van der Waals surface area contributed by atoms with Crippen molar-refractivity contribution in [2.45, 2.75) is 19.4 Å². The molecule has 6 heteroatoms. The van der Waals surface area contributed by atoms with Crippen LogP contribution in [0.5, 0.6) is 5.75 Å². The van der Waals surface area contributed by atoms with Crippen LogP contribution in [0.2, 0.25) is 5.02 Å². The average Bonchev–Trinajstić information content (AvgIpc) is 2.99. The number of hydrogen-bond acceptors (Lipinski definition) is 3. The number of thiophene rings is 1. The molecule has 2 aromatic carbocycles. The van der Waals surface area contributed by atoms with Gasteiger partial charge in [-0.15, -0.1) is 11.3 Å². The molecule has 124 valence electrons. The predicted molar refractivity (Wildman–Crippen MR) is 94.6 cm³/mol. The van der Waals surface area contributed by atoms with E-state index < -0.39 is 12.1 Å². The van der Waals surface area contributed by atoms with Gasteiger partial charge in [0.25, 0.3) is 0 Å². The van der Waals surface area contributed by atoms with Crippen molar-refractivity contribution >= 4 is 39.0 Å². The average molecular weight is 365 g/mol. The molecule has 0 saturated carbocycles. The van der Waals surface area contributed by atoms with Gasteiger partial charge in [-0.05, 0) is 30.0 Å². The smallest absolute Gasteiger partial charge is 0.344 e. The van der Waals surface area contributed by atoms with Gasteiger partial charge >= 0.3 is 5.97 Å². The number of carboxylic acid groups (broad SMARTS) is 1. The fourth-order valence-electron chi connectivity index (χ4n) is 2.49. The minimum absolute atomic E-state index is 0.300. The summed E-state index contributed by atoms with van der Waals surface area (Å²) in [4.78, 5) is 11.1. The van der Waals surface area contributed by atoms with Crippen LogP contribution in [0.1, 0.15) is 13.3 Å². The Balaban J connectivity index is 2.06. The third kappa shape index (κ3) is 2.97. The van der Waals surface area contributed by atoms with E-state index in [2.05, 4.69) is 0 Å². The summed E-state index contributed by atoms with van der Waals surface area (Å²) in [6, 6.07) is 9.96. The van der Waals surface area contributed by atoms with E-state index in [0.29, 0.717) is 22.8 Å². The highest BCUT2D eigenvalue weighted by atomic mass is 35.5. The first-order chi connectivity index (χ1) is 11.5. The van der Waals surface area contributed by atoms with E-state index in [0.717, 1.165) is 15.6 Å². The van der Waals surface area contributed by atoms with Crippen molar-refractivity contribution in [1.29, 1.82) is 0 Å². The number of fused-ring (bicyclic) bond motifs is 1. The predicted octanol–water partition coefficient (Wildman–Crippen LogP) is 5.60. The first-order valence-electron chi connectivity index (χ1n) is 7.37. The number of carbonyl (C=O) groups is 1. The molecule has 0 aliphatic heterocycles. The highest BCUT2D eigenvalue weighted by molar-refractivity contribution is 7.18. The van der Waals surface area contributed by atoms with Crippen LogP contribution in [-0.2, 0) is 4.79 Å². The fourth-order valence-corrected chi connectivity index (χ4v) is 3.83. The van der Waals surface area contributed by atoms with Gasteiger partial charge < -0.3 is 9.84 Å². The Bertz CT molecular complexity index is 906. The van der Waals surface area contributed by atoms with Crippen molar-refractivity contribution in [2.75, 3.05) is 0 Å². The van der Waals surface area contributed by atoms with Crippen molar-refractivity contribution in [1.82, 2.24) is 0 Å². The summed E-state index contributed by atoms with van der Waals surface area (Å²) in [6.45, 7) is 1.73. The second kappa shape index (κ2) is 6.79. The van der Waals surface area contributed by atoms with E-state index in [9.17, 15) is 9.18 Å². The quantitative estimate of drug-likeness (QED) is 0.640. The zero-order chi connectivity index (χ0) is 17.3. The minimum Gasteiger partial charge on any atom is -0.479 e. The Hall–Kier alpha value is -2.11. The molecule has 1 atom stereocenters. The molecule has 1 heterocycles. The van der Waals surface area contributed by atoms with Gasteiger partial charge in [0.2, 0.25) is 0 Å². The zero-order valence-electron chi connectivity index (χ0n) is 12.8. The molecule has 1 aromatic heterocycles. The Morgan fingerprint density at radius 1 is 1.29 bits per heavy atom. The van der Waals surface area contributed by atoms with Gasteiger partial charge in [-0.2, -0.15) is 0 Å². The molecule has 0 saturated heterocycles. The lowest BCUT2D eigenvalue weighted by atomic mass is 10.0. The van der Waals surface area contributed by atoms with Crippen molar-refractivity contribution in [3.8, 4) is 16.9 Å². The minimum atomic E-state index is -1.04. The number of benzene rings is 2. The van der Waals surface area contributed by atoms with Crippen molar-refractivity contribution in [2.24, 2.45) is 0 Å². The summed E-state index contributed by atoms with van der Waals surface area (Å²) in [7, 11) is 0. The first kappa shape index (κ1) is 16.7. The number of aliphatic carboxylic acids is 1. The van der Waals surface area contributed by atoms with Crippen LogP contribution in [0.15, 0.2) is 41.8 Å². The third-order valence-electron chi connectivity index (χ3n) is 3.73. The van der Waals surface area contributed by atoms with Crippen LogP contribution in [0.3, 0.4) is 0 Å². The standard InChI is InChI=1S/C18H14ClFO3S/c1-2-14(18(21)22)23-15-8-7-11-12(9-24-17(11)16(15)19)10-5-3-4-6-13(10)20/h3-9,14H,2H2,1H3,(H,21,22). The van der Waals surface area contributed by atoms with Gasteiger partial charge in [-0.3, -0.25) is 0 Å². The summed E-state index contributed by atoms with van der Waals surface area (Å²) in [5.74, 6) is -1.02. The molecule has 0 bridgehead atoms. The molecular formula is C18H14ClFO3S. The summed E-state index contributed by atoms with van der Waals surface area (Å²) in [6.07, 6.45) is -0.625. The summed E-state index contributed by atoms with van der Waals surface area (Å²) >= 11 is 7.76. The zero-order valence-corrected chi connectivity index (χ0v) is 14.3. The van der Waals surface area contributed by atoms with Crippen LogP contribution >= 0.6 is 22.9 Å². The lowest BCUT2D eigenvalue weighted by Crippen LogP contribution is -2.26. The lowest BCUT2D eigenvalue weighted by molar-refractivity contribution is -0.145. The Labute approximate surface area is 147 Å². The summed E-state index contributed by atoms with van der Waals surface area (Å²) in [5, 5.41) is 12.1. The van der Waals surface area contributed by atoms with Gasteiger partial charge in [0.1, 0.15) is 16.6 Å². The first-order valence-corrected chi connectivity index (χ1v) is 8.62. The number of hydrogen-bond donors (Lipinski definition) is 1. The Morgan fingerprint density at radius 3 is 2.71 bits per heavy atom. The molecule has 0 aliphatic carbocycles. The van der Waals surface area contributed by atoms with Crippen LogP contribution in [-0.4, -0.2) is 17.2 Å². The third-order valence-corrected chi connectivity index (χ3v) is 5.23. The molecule has 3 nitrogen and oxygen atoms in total. The molecular weight excluding hydrogens is 351 g/mol. The number of rotatable bonds is 5. The van der Waals surface area contributed by atoms with E-state index in [4.69, 9.17) is 21.4 Å². The highest BCUT2D eigenvalue weighted by Crippen LogP contribution is 2.42. The largest absolute Gasteiger partial charge is 0.479 e. The molecule has 0 fully saturated rings. The summed E-state index contributed by atoms with van der Waals surface area (Å²) in [5.41, 5.74) is 1.26. The molecule has 3 aromatic rings. The lowest BCUT2D eigenvalue weighted by Gasteiger charge is -2.14. The van der Waals surface area contributed by atoms with Crippen molar-refractivity contribution < 1.29 is 19.0 Å². The van der Waals surface area contributed by atoms with Gasteiger partial charge in [-0.25, -0.2) is 9.18 Å². The highest BCUT2D eigenvalue weighted by Gasteiger charge is 2.20. The Morgan fingerprint density at radius 2 is 2.04 bits per heavy atom. The second-order valence-corrected chi connectivity index (χ2v) is 6.49. The van der Waals surface area contributed by atoms with Crippen LogP contribution in [0.25, 0.3) is 21.2 Å². The maximum Gasteiger partial charge on any atom is 0.344 e. The van der Waals surface area contributed by atoms with Crippen molar-refractivity contribution in [3.63, 3.8) is 0 Å². The molecule has 3 rings (SSSR count). The maximum absolute atomic E-state index is 14.0. The molecule has 0 aliphatic rings. The Kier molecular flexibility index (Phi) is 4.73. The summed E-state index contributed by atoms with van der Waals surface area (Å²) < 4.78 is 20.3. The van der Waals surface area contributed by atoms with Gasteiger partial charge in [0.15, 0.2) is 6.10 Å². The molecule has 1 unspecified atom stereocenters. The monoisotopic (exact) mass is 364 g/mol. The number of ether oxygens (including phenoxy) is 1. The van der Waals surface area contributed by atoms with Crippen LogP contribution in [0, 0.1) is 5.82 Å². The molecule has 0 radical (unpaired) electrons. The van der Waals surface area contributed by atoms with Gasteiger partial charge in [0, 0.05) is 16.5 Å². The van der Waals surface area contributed by atoms with Crippen LogP contribution in [0.4, 0.5) is 4.39 Å².